The summed E-state index contributed by atoms with van der Waals surface area (Å²) < 4.78 is 0. The van der Waals surface area contributed by atoms with Crippen molar-refractivity contribution in [2.24, 2.45) is 5.92 Å². The van der Waals surface area contributed by atoms with Gasteiger partial charge < -0.3 is 10.2 Å². The van der Waals surface area contributed by atoms with Gasteiger partial charge in [-0.05, 0) is 51.7 Å². The number of hydrogen-bond donors (Lipinski definition) is 1. The van der Waals surface area contributed by atoms with Crippen molar-refractivity contribution < 1.29 is 9.59 Å². The molecule has 1 saturated carbocycles. The largest absolute Gasteiger partial charge is 0.354 e. The third-order valence-corrected chi connectivity index (χ3v) is 6.60. The molecule has 1 heterocycles. The van der Waals surface area contributed by atoms with Crippen LogP contribution in [0.3, 0.4) is 0 Å². The third kappa shape index (κ3) is 4.14. The van der Waals surface area contributed by atoms with E-state index in [-0.39, 0.29) is 29.8 Å². The first kappa shape index (κ1) is 19.0. The van der Waals surface area contributed by atoms with Crippen LogP contribution in [0.4, 0.5) is 0 Å². The van der Waals surface area contributed by atoms with Crippen molar-refractivity contribution in [1.82, 2.24) is 10.2 Å². The number of likely N-dealkylation sites (N-methyl/N-ethyl adjacent to an activating group) is 1. The fourth-order valence-corrected chi connectivity index (χ4v) is 5.33. The number of rotatable bonds is 3. The van der Waals surface area contributed by atoms with Gasteiger partial charge in [0.2, 0.25) is 5.91 Å². The van der Waals surface area contributed by atoms with Gasteiger partial charge in [0.05, 0.1) is 4.91 Å². The van der Waals surface area contributed by atoms with Crippen LogP contribution in [0.5, 0.6) is 0 Å². The van der Waals surface area contributed by atoms with E-state index in [1.165, 1.54) is 5.56 Å². The Balaban J connectivity index is 1.74. The predicted molar refractivity (Wildman–Crippen MR) is 108 cm³/mol. The maximum Gasteiger partial charge on any atom is 0.260 e. The third-order valence-electron chi connectivity index (χ3n) is 5.20. The van der Waals surface area contributed by atoms with Crippen LogP contribution >= 0.6 is 11.8 Å². The number of carbonyl (C=O) groups is 2. The molecule has 0 aromatic heterocycles. The van der Waals surface area contributed by atoms with Gasteiger partial charge in [0.25, 0.3) is 5.91 Å². The summed E-state index contributed by atoms with van der Waals surface area (Å²) in [4.78, 5) is 27.9. The van der Waals surface area contributed by atoms with Crippen molar-refractivity contribution in [3.63, 3.8) is 0 Å². The zero-order chi connectivity index (χ0) is 18.8. The number of aryl methyl sites for hydroxylation is 1. The van der Waals surface area contributed by atoms with Crippen LogP contribution in [0.2, 0.25) is 0 Å². The summed E-state index contributed by atoms with van der Waals surface area (Å²) in [5.74, 6) is 0.213. The molecule has 0 bridgehead atoms. The van der Waals surface area contributed by atoms with Gasteiger partial charge in [0.1, 0.15) is 0 Å². The molecular weight excluding hydrogens is 344 g/mol. The van der Waals surface area contributed by atoms with E-state index in [0.717, 1.165) is 29.7 Å². The highest BCUT2D eigenvalue weighted by atomic mass is 32.2. The number of amides is 2. The number of hydrogen-bond acceptors (Lipinski definition) is 3. The summed E-state index contributed by atoms with van der Waals surface area (Å²) in [5, 5.41) is 3.39. The van der Waals surface area contributed by atoms with Crippen LogP contribution in [0.1, 0.15) is 44.2 Å². The zero-order valence-corrected chi connectivity index (χ0v) is 16.8. The molecular formula is C21H28N2O2S. The lowest BCUT2D eigenvalue weighted by Crippen LogP contribution is -2.52. The molecule has 1 aromatic rings. The molecule has 3 unspecified atom stereocenters. The van der Waals surface area contributed by atoms with Gasteiger partial charge in [-0.25, -0.2) is 0 Å². The lowest BCUT2D eigenvalue weighted by atomic mass is 9.83. The van der Waals surface area contributed by atoms with E-state index in [1.807, 2.05) is 44.0 Å². The fraction of sp³-hybridized carbons (Fsp3) is 0.524. The maximum atomic E-state index is 12.9. The number of fused-ring (bicyclic) bond motifs is 1. The van der Waals surface area contributed by atoms with E-state index in [4.69, 9.17) is 0 Å². The van der Waals surface area contributed by atoms with E-state index in [1.54, 1.807) is 11.8 Å². The summed E-state index contributed by atoms with van der Waals surface area (Å²) >= 11 is 1.69. The minimum atomic E-state index is 0.0109. The van der Waals surface area contributed by atoms with Crippen LogP contribution < -0.4 is 5.32 Å². The van der Waals surface area contributed by atoms with E-state index in [2.05, 4.69) is 24.4 Å². The normalized spacial score (nSPS) is 27.6. The quantitative estimate of drug-likeness (QED) is 0.825. The van der Waals surface area contributed by atoms with Crippen molar-refractivity contribution in [1.29, 1.82) is 0 Å². The Morgan fingerprint density at radius 3 is 2.81 bits per heavy atom. The highest BCUT2D eigenvalue weighted by Gasteiger charge is 2.42. The van der Waals surface area contributed by atoms with Gasteiger partial charge in [-0.1, -0.05) is 29.8 Å². The van der Waals surface area contributed by atoms with Gasteiger partial charge in [-0.2, -0.15) is 0 Å². The molecule has 5 heteroatoms. The summed E-state index contributed by atoms with van der Waals surface area (Å²) in [6, 6.07) is 8.50. The second kappa shape index (κ2) is 7.87. The molecule has 2 amide bonds. The Morgan fingerprint density at radius 1 is 1.35 bits per heavy atom. The Labute approximate surface area is 160 Å². The molecule has 1 aromatic carbocycles. The van der Waals surface area contributed by atoms with Gasteiger partial charge in [0, 0.05) is 30.3 Å². The average molecular weight is 373 g/mol. The summed E-state index contributed by atoms with van der Waals surface area (Å²) in [6.45, 7) is 6.03. The van der Waals surface area contributed by atoms with Crippen LogP contribution in [-0.2, 0) is 9.59 Å². The zero-order valence-electron chi connectivity index (χ0n) is 16.0. The molecule has 1 saturated heterocycles. The fourth-order valence-electron chi connectivity index (χ4n) is 3.85. The van der Waals surface area contributed by atoms with Crippen LogP contribution in [0, 0.1) is 12.8 Å². The second-order valence-corrected chi connectivity index (χ2v) is 9.02. The maximum absolute atomic E-state index is 12.9. The molecule has 1 aliphatic heterocycles. The highest BCUT2D eigenvalue weighted by Crippen LogP contribution is 2.43. The first-order valence-corrected chi connectivity index (χ1v) is 10.3. The molecule has 2 aliphatic rings. The number of carbonyl (C=O) groups excluding carboxylic acids is 2. The van der Waals surface area contributed by atoms with E-state index < -0.39 is 0 Å². The Bertz CT molecular complexity index is 728. The minimum absolute atomic E-state index is 0.0109. The first-order chi connectivity index (χ1) is 12.3. The molecule has 3 rings (SSSR count). The molecule has 26 heavy (non-hydrogen) atoms. The molecule has 4 nitrogen and oxygen atoms in total. The molecule has 140 valence electrons. The van der Waals surface area contributed by atoms with Crippen molar-refractivity contribution in [3.05, 3.63) is 40.3 Å². The van der Waals surface area contributed by atoms with E-state index >= 15 is 0 Å². The molecule has 2 fully saturated rings. The monoisotopic (exact) mass is 372 g/mol. The Kier molecular flexibility index (Phi) is 5.76. The standard InChI is InChI=1S/C21H28N2O2S/c1-13(2)22-20(24)16-8-9-18-17(12-16)23(4)21(25)19(26-18)11-15-7-5-6-14(3)10-15/h5-7,10-11,13,16-18H,8-9,12H2,1-4H3,(H,22,24)/b19-11-. The second-order valence-electron chi connectivity index (χ2n) is 7.74. The van der Waals surface area contributed by atoms with Gasteiger partial charge in [0.15, 0.2) is 0 Å². The molecule has 0 spiro atoms. The SMILES string of the molecule is Cc1cccc(/C=C2\SC3CCC(C(=O)NC(C)C)CC3N(C)C2=O)c1. The first-order valence-electron chi connectivity index (χ1n) is 9.37. The lowest BCUT2D eigenvalue weighted by Gasteiger charge is -2.44. The van der Waals surface area contributed by atoms with Gasteiger partial charge in [-0.3, -0.25) is 9.59 Å². The number of nitrogens with zero attached hydrogens (tertiary/aromatic N) is 1. The number of benzene rings is 1. The Morgan fingerprint density at radius 2 is 2.12 bits per heavy atom. The summed E-state index contributed by atoms with van der Waals surface area (Å²) in [7, 11) is 1.88. The molecule has 3 atom stereocenters. The minimum Gasteiger partial charge on any atom is -0.354 e. The van der Waals surface area contributed by atoms with Gasteiger partial charge in [-0.15, -0.1) is 11.8 Å². The van der Waals surface area contributed by atoms with Crippen LogP contribution in [0.15, 0.2) is 29.2 Å². The van der Waals surface area contributed by atoms with Crippen LogP contribution in [0.25, 0.3) is 6.08 Å². The summed E-state index contributed by atoms with van der Waals surface area (Å²) in [6.07, 6.45) is 4.63. The van der Waals surface area contributed by atoms with E-state index in [0.29, 0.717) is 5.25 Å². The highest BCUT2D eigenvalue weighted by molar-refractivity contribution is 8.04. The topological polar surface area (TPSA) is 49.4 Å². The van der Waals surface area contributed by atoms with Crippen molar-refractivity contribution in [2.75, 3.05) is 7.05 Å². The Hall–Kier alpha value is -1.75. The molecule has 1 N–H and O–H groups in total. The van der Waals surface area contributed by atoms with Crippen molar-refractivity contribution in [3.8, 4) is 0 Å². The number of thioether (sulfide) groups is 1. The van der Waals surface area contributed by atoms with Crippen molar-refractivity contribution in [2.45, 2.75) is 57.4 Å². The predicted octanol–water partition coefficient (Wildman–Crippen LogP) is 3.60. The molecule has 1 aliphatic carbocycles. The van der Waals surface area contributed by atoms with Crippen molar-refractivity contribution >= 4 is 29.7 Å². The average Bonchev–Trinajstić information content (AvgIpc) is 2.58. The lowest BCUT2D eigenvalue weighted by molar-refractivity contribution is -0.132. The smallest absolute Gasteiger partial charge is 0.260 e. The van der Waals surface area contributed by atoms with Gasteiger partial charge >= 0.3 is 0 Å². The van der Waals surface area contributed by atoms with Crippen LogP contribution in [-0.4, -0.2) is 41.1 Å². The number of nitrogens with one attached hydrogen (secondary N) is 1. The summed E-state index contributed by atoms with van der Waals surface area (Å²) in [5.41, 5.74) is 2.26. The molecule has 0 radical (unpaired) electrons. The van der Waals surface area contributed by atoms with E-state index in [9.17, 15) is 9.59 Å².